The van der Waals surface area contributed by atoms with Crippen LogP contribution in [0.15, 0.2) is 0 Å². The van der Waals surface area contributed by atoms with Crippen LogP contribution in [0.5, 0.6) is 0 Å². The van der Waals surface area contributed by atoms with Crippen LogP contribution in [0.2, 0.25) is 0 Å². The topological polar surface area (TPSA) is 120 Å². The third-order valence-corrected chi connectivity index (χ3v) is 0. The fourth-order valence-corrected chi connectivity index (χ4v) is 0. The minimum Gasteiger partial charge on any atom is -0.520 e. The van der Waals surface area contributed by atoms with Crippen LogP contribution in [-0.4, -0.2) is 18.7 Å². The van der Waals surface area contributed by atoms with Gasteiger partial charge in [0, 0.05) is 0 Å². The summed E-state index contributed by atoms with van der Waals surface area (Å²) in [4.78, 5) is 24.7. The second-order valence-electron chi connectivity index (χ2n) is 0.713. The standard InChI is InChI=1S/3CHFO2.Gd/c3*2-1(3)4;/h3*(H,3,4);/q;;;+3/p-3. The smallest absolute Gasteiger partial charge is 0.520 e. The van der Waals surface area contributed by atoms with E-state index in [9.17, 15) is 13.2 Å². The van der Waals surface area contributed by atoms with E-state index in [-0.39, 0.29) is 39.9 Å². The molecule has 10 heteroatoms. The molecule has 1 radical (unpaired) electrons. The van der Waals surface area contributed by atoms with Gasteiger partial charge in [-0.2, -0.15) is 13.2 Å². The Labute approximate surface area is 101 Å². The normalized spacial score (nSPS) is 5.77. The van der Waals surface area contributed by atoms with Crippen LogP contribution < -0.4 is 15.3 Å². The van der Waals surface area contributed by atoms with Crippen LogP contribution in [-0.2, 0) is 0 Å². The van der Waals surface area contributed by atoms with Crippen LogP contribution >= 0.6 is 0 Å². The van der Waals surface area contributed by atoms with Gasteiger partial charge in [0.25, 0.3) is 0 Å². The van der Waals surface area contributed by atoms with Gasteiger partial charge in [0.1, 0.15) is 0 Å². The minimum absolute atomic E-state index is 0. The molecular formula is C3F3GdO6. The van der Waals surface area contributed by atoms with Gasteiger partial charge in [-0.25, -0.2) is 0 Å². The summed E-state index contributed by atoms with van der Waals surface area (Å²) >= 11 is 0. The third-order valence-electron chi connectivity index (χ3n) is 0. The molecule has 0 saturated heterocycles. The van der Waals surface area contributed by atoms with Crippen molar-refractivity contribution in [1.29, 1.82) is 0 Å². The van der Waals surface area contributed by atoms with Crippen molar-refractivity contribution in [3.8, 4) is 0 Å². The Bertz CT molecular complexity index is 121. The summed E-state index contributed by atoms with van der Waals surface area (Å²) in [6, 6.07) is 0. The van der Waals surface area contributed by atoms with Gasteiger partial charge in [-0.1, -0.05) is 0 Å². The summed E-state index contributed by atoms with van der Waals surface area (Å²) in [6.45, 7) is 0. The maximum Gasteiger partial charge on any atom is 3.00 e. The summed E-state index contributed by atoms with van der Waals surface area (Å²) in [6.07, 6.45) is -7.75. The third kappa shape index (κ3) is 4630. The molecule has 0 unspecified atom stereocenters. The van der Waals surface area contributed by atoms with Crippen molar-refractivity contribution in [2.45, 2.75) is 0 Å². The first-order valence-electron chi connectivity index (χ1n) is 1.79. The molecule has 0 aromatic rings. The maximum absolute atomic E-state index is 9.81. The molecule has 0 aliphatic carbocycles. The SMILES string of the molecule is O=C([O-])F.O=C([O-])F.O=C([O-])F.[Gd+3]. The second-order valence-corrected chi connectivity index (χ2v) is 0.713. The molecule has 0 saturated carbocycles. The van der Waals surface area contributed by atoms with Gasteiger partial charge in [0.2, 0.25) is 18.7 Å². The average Bonchev–Trinajstić information content (AvgIpc) is 1.54. The van der Waals surface area contributed by atoms with Crippen molar-refractivity contribution in [2.75, 3.05) is 0 Å². The molecule has 0 aromatic carbocycles. The molecule has 0 fully saturated rings. The van der Waals surface area contributed by atoms with Crippen LogP contribution in [0.3, 0.4) is 0 Å². The Morgan fingerprint density at radius 1 is 0.692 bits per heavy atom. The molecule has 0 spiro atoms. The molecule has 0 heterocycles. The summed E-state index contributed by atoms with van der Waals surface area (Å²) < 4.78 is 29.4. The fraction of sp³-hybridized carbons (Fsp3) is 0. The Balaban J connectivity index is -0.0000000450. The molecule has 0 aliphatic rings. The summed E-state index contributed by atoms with van der Waals surface area (Å²) in [5.41, 5.74) is 0. The van der Waals surface area contributed by atoms with E-state index in [0.717, 1.165) is 0 Å². The van der Waals surface area contributed by atoms with E-state index in [0.29, 0.717) is 0 Å². The van der Waals surface area contributed by atoms with Gasteiger partial charge in [-0.15, -0.1) is 0 Å². The van der Waals surface area contributed by atoms with Gasteiger partial charge in [0.15, 0.2) is 0 Å². The molecule has 6 nitrogen and oxygen atoms in total. The van der Waals surface area contributed by atoms with Gasteiger partial charge in [-0.3, -0.25) is 0 Å². The number of rotatable bonds is 0. The summed E-state index contributed by atoms with van der Waals surface area (Å²) in [7, 11) is 0. The number of carbonyl (C=O) groups is 3. The molecular weight excluding hydrogens is 346 g/mol. The van der Waals surface area contributed by atoms with Crippen molar-refractivity contribution in [1.82, 2.24) is 0 Å². The second kappa shape index (κ2) is 17.6. The zero-order valence-electron chi connectivity index (χ0n) is 5.44. The molecule has 13 heavy (non-hydrogen) atoms. The van der Waals surface area contributed by atoms with Crippen molar-refractivity contribution in [3.63, 3.8) is 0 Å². The summed E-state index contributed by atoms with van der Waals surface area (Å²) in [5, 5.41) is 24.7. The first-order valence-corrected chi connectivity index (χ1v) is 1.79. The molecule has 0 amide bonds. The molecule has 0 aliphatic heterocycles. The molecule has 0 aromatic heterocycles. The Morgan fingerprint density at radius 2 is 0.692 bits per heavy atom. The van der Waals surface area contributed by atoms with Crippen molar-refractivity contribution < 1.29 is 82.8 Å². The number of carboxylic acid groups (broad SMARTS) is 3. The molecule has 0 bridgehead atoms. The Hall–Kier alpha value is -0.475. The first kappa shape index (κ1) is 22.9. The zero-order chi connectivity index (χ0) is 10.7. The fourth-order valence-electron chi connectivity index (χ4n) is 0. The first-order chi connectivity index (χ1) is 5.20. The zero-order valence-corrected chi connectivity index (χ0v) is 7.71. The van der Waals surface area contributed by atoms with Crippen molar-refractivity contribution >= 4 is 18.7 Å². The van der Waals surface area contributed by atoms with Gasteiger partial charge in [0.05, 0.1) is 0 Å². The maximum atomic E-state index is 9.81. The largest absolute Gasteiger partial charge is 3.00 e. The number of hydrogen-bond acceptors (Lipinski definition) is 6. The van der Waals surface area contributed by atoms with Gasteiger partial charge < -0.3 is 29.7 Å². The van der Waals surface area contributed by atoms with Crippen LogP contribution in [0, 0.1) is 39.9 Å². The summed E-state index contributed by atoms with van der Waals surface area (Å²) in [5.74, 6) is 0. The van der Waals surface area contributed by atoms with E-state index < -0.39 is 18.7 Å². The van der Waals surface area contributed by atoms with Gasteiger partial charge >= 0.3 is 39.9 Å². The predicted molar refractivity (Wildman–Crippen MR) is 19.5 cm³/mol. The van der Waals surface area contributed by atoms with Crippen LogP contribution in [0.25, 0.3) is 0 Å². The van der Waals surface area contributed by atoms with Crippen LogP contribution in [0.1, 0.15) is 0 Å². The monoisotopic (exact) mass is 347 g/mol. The van der Waals surface area contributed by atoms with E-state index in [1.165, 1.54) is 0 Å². The number of carbonyl (C=O) groups excluding carboxylic acids is 3. The van der Waals surface area contributed by atoms with E-state index in [2.05, 4.69) is 0 Å². The molecule has 0 atom stereocenters. The Kier molecular flexibility index (Phi) is 30.9. The number of halogens is 3. The number of hydrogen-bond donors (Lipinski definition) is 0. The van der Waals surface area contributed by atoms with Gasteiger partial charge in [-0.05, 0) is 0 Å². The van der Waals surface area contributed by atoms with E-state index >= 15 is 0 Å². The quantitative estimate of drug-likeness (QED) is 0.463. The van der Waals surface area contributed by atoms with E-state index in [4.69, 9.17) is 29.7 Å². The molecule has 0 rings (SSSR count). The predicted octanol–water partition coefficient (Wildman–Crippen LogP) is -2.10. The van der Waals surface area contributed by atoms with Crippen LogP contribution in [0.4, 0.5) is 27.6 Å². The molecule has 77 valence electrons. The Morgan fingerprint density at radius 3 is 0.692 bits per heavy atom. The minimum atomic E-state index is -2.58. The molecule has 0 N–H and O–H groups in total. The van der Waals surface area contributed by atoms with Crippen molar-refractivity contribution in [3.05, 3.63) is 0 Å². The van der Waals surface area contributed by atoms with E-state index in [1.807, 2.05) is 0 Å². The average molecular weight is 346 g/mol. The van der Waals surface area contributed by atoms with E-state index in [1.54, 1.807) is 0 Å². The van der Waals surface area contributed by atoms with Crippen molar-refractivity contribution in [2.24, 2.45) is 0 Å².